The highest BCUT2D eigenvalue weighted by molar-refractivity contribution is 5.82. The molecule has 38 heavy (non-hydrogen) atoms. The van der Waals surface area contributed by atoms with Gasteiger partial charge in [-0.25, -0.2) is 19.2 Å². The largest absolute Gasteiger partial charge is 0.441 e. The number of nitrogens with one attached hydrogen (secondary N) is 3. The van der Waals surface area contributed by atoms with E-state index in [4.69, 9.17) is 14.5 Å². The molecule has 1 amide bonds. The maximum absolute atomic E-state index is 15.2. The second kappa shape index (κ2) is 8.25. The summed E-state index contributed by atoms with van der Waals surface area (Å²) in [7, 11) is 1.89. The summed E-state index contributed by atoms with van der Waals surface area (Å²) in [6, 6.07) is 1.67. The number of aromatic amines is 1. The Morgan fingerprint density at radius 2 is 2.13 bits per heavy atom. The van der Waals surface area contributed by atoms with Crippen LogP contribution in [0.25, 0.3) is 16.8 Å². The lowest BCUT2D eigenvalue weighted by Gasteiger charge is -2.61. The van der Waals surface area contributed by atoms with Gasteiger partial charge < -0.3 is 20.1 Å². The Morgan fingerprint density at radius 3 is 2.84 bits per heavy atom. The second-order valence-corrected chi connectivity index (χ2v) is 10.6. The van der Waals surface area contributed by atoms with Crippen molar-refractivity contribution in [2.45, 2.75) is 57.0 Å². The van der Waals surface area contributed by atoms with Crippen molar-refractivity contribution in [1.82, 2.24) is 39.7 Å². The van der Waals surface area contributed by atoms with E-state index in [1.807, 2.05) is 42.4 Å². The summed E-state index contributed by atoms with van der Waals surface area (Å²) in [6.07, 6.45) is 4.28. The number of carbonyl (C=O) groups is 1. The van der Waals surface area contributed by atoms with Crippen LogP contribution in [0.4, 0.5) is 21.0 Å². The maximum Gasteiger partial charge on any atom is 0.408 e. The molecule has 0 spiro atoms. The SMILES string of the molecule is Cc1nc(Nc2cc([C@@H]3OC[C@H](OC(=O)NC45CC(C4)C5)[C@H]3F)[nH]n2)n2ccnc2c1-c1cnn(C)c1C. The van der Waals surface area contributed by atoms with Crippen LogP contribution in [0, 0.1) is 19.8 Å². The Hall–Kier alpha value is -4.00. The monoisotopic (exact) mass is 521 g/mol. The third-order valence-electron chi connectivity index (χ3n) is 8.12. The lowest BCUT2D eigenvalue weighted by molar-refractivity contribution is -0.0528. The zero-order valence-electron chi connectivity index (χ0n) is 21.2. The maximum atomic E-state index is 15.2. The number of nitrogens with zero attached hydrogens (tertiary/aromatic N) is 6. The molecule has 1 aliphatic heterocycles. The molecular weight excluding hydrogens is 493 g/mol. The first-order valence-electron chi connectivity index (χ1n) is 12.7. The molecule has 0 unspecified atom stereocenters. The average Bonchev–Trinajstić information content (AvgIpc) is 3.62. The van der Waals surface area contributed by atoms with Gasteiger partial charge in [-0.3, -0.25) is 14.2 Å². The third kappa shape index (κ3) is 3.56. The molecule has 12 nitrogen and oxygen atoms in total. The smallest absolute Gasteiger partial charge is 0.408 e. The van der Waals surface area contributed by atoms with Gasteiger partial charge in [-0.1, -0.05) is 0 Å². The van der Waals surface area contributed by atoms with Gasteiger partial charge in [0.05, 0.1) is 24.2 Å². The molecule has 4 aromatic rings. The fourth-order valence-corrected chi connectivity index (χ4v) is 5.85. The number of fused-ring (bicyclic) bond motifs is 1. The molecule has 1 saturated heterocycles. The molecule has 8 rings (SSSR count). The summed E-state index contributed by atoms with van der Waals surface area (Å²) in [4.78, 5) is 21.6. The molecule has 3 saturated carbocycles. The molecule has 4 aromatic heterocycles. The van der Waals surface area contributed by atoms with E-state index in [0.29, 0.717) is 17.5 Å². The second-order valence-electron chi connectivity index (χ2n) is 10.6. The van der Waals surface area contributed by atoms with Crippen LogP contribution in [-0.4, -0.2) is 64.9 Å². The minimum atomic E-state index is -1.52. The van der Waals surface area contributed by atoms with Crippen LogP contribution < -0.4 is 10.6 Å². The summed E-state index contributed by atoms with van der Waals surface area (Å²) in [5.41, 5.74) is 4.69. The molecule has 4 aliphatic rings. The molecule has 198 valence electrons. The molecule has 3 aliphatic carbocycles. The standard InChI is InChI=1S/C25H28FN9O3/c1-12-19(15-10-28-34(3)13(15)2)22-27-4-5-35(22)23(29-12)30-18-6-16(32-33-18)21-20(26)17(11-37-21)38-24(36)31-25-7-14(8-25)9-25/h4-6,10,14,17,20-21H,7-9,11H2,1-3H3,(H,31,36)(H2,29,30,32,33)/t14?,17-,20+,21-,25?/m0/s1. The van der Waals surface area contributed by atoms with E-state index in [1.165, 1.54) is 0 Å². The minimum Gasteiger partial charge on any atom is -0.441 e. The Kier molecular flexibility index (Phi) is 5.02. The predicted octanol–water partition coefficient (Wildman–Crippen LogP) is 3.27. The summed E-state index contributed by atoms with van der Waals surface area (Å²) >= 11 is 0. The number of alkyl halides is 1. The Balaban J connectivity index is 1.07. The van der Waals surface area contributed by atoms with Crippen LogP contribution in [0.15, 0.2) is 24.7 Å². The normalized spacial score (nSPS) is 27.7. The number of hydrogen-bond acceptors (Lipinski definition) is 8. The van der Waals surface area contributed by atoms with Crippen molar-refractivity contribution in [2.24, 2.45) is 13.0 Å². The number of ether oxygens (including phenoxy) is 2. The van der Waals surface area contributed by atoms with Crippen LogP contribution in [0.2, 0.25) is 0 Å². The number of halogens is 1. The van der Waals surface area contributed by atoms with Gasteiger partial charge >= 0.3 is 6.09 Å². The lowest BCUT2D eigenvalue weighted by Crippen LogP contribution is -2.68. The van der Waals surface area contributed by atoms with Crippen LogP contribution >= 0.6 is 0 Å². The molecule has 4 fully saturated rings. The van der Waals surface area contributed by atoms with Gasteiger partial charge in [-0.15, -0.1) is 0 Å². The van der Waals surface area contributed by atoms with Gasteiger partial charge in [-0.2, -0.15) is 10.2 Å². The van der Waals surface area contributed by atoms with Gasteiger partial charge in [0.25, 0.3) is 0 Å². The third-order valence-corrected chi connectivity index (χ3v) is 8.12. The molecule has 0 radical (unpaired) electrons. The number of rotatable bonds is 6. The number of imidazole rings is 1. The quantitative estimate of drug-likeness (QED) is 0.352. The number of amides is 1. The summed E-state index contributed by atoms with van der Waals surface area (Å²) < 4.78 is 29.9. The van der Waals surface area contributed by atoms with E-state index in [1.54, 1.807) is 12.3 Å². The van der Waals surface area contributed by atoms with E-state index < -0.39 is 24.5 Å². The predicted molar refractivity (Wildman–Crippen MR) is 134 cm³/mol. The molecule has 5 heterocycles. The highest BCUT2D eigenvalue weighted by atomic mass is 19.1. The minimum absolute atomic E-state index is 0.0255. The van der Waals surface area contributed by atoms with Crippen molar-refractivity contribution in [1.29, 1.82) is 0 Å². The van der Waals surface area contributed by atoms with E-state index in [0.717, 1.165) is 53.3 Å². The summed E-state index contributed by atoms with van der Waals surface area (Å²) in [6.45, 7) is 3.89. The number of H-pyrrole nitrogens is 1. The first kappa shape index (κ1) is 23.1. The number of aryl methyl sites for hydroxylation is 2. The lowest BCUT2D eigenvalue weighted by atomic mass is 9.50. The molecule has 3 N–H and O–H groups in total. The van der Waals surface area contributed by atoms with E-state index in [-0.39, 0.29) is 12.1 Å². The first-order valence-corrected chi connectivity index (χ1v) is 12.7. The van der Waals surface area contributed by atoms with Crippen LogP contribution in [0.5, 0.6) is 0 Å². The molecule has 3 atom stereocenters. The van der Waals surface area contributed by atoms with Gasteiger partial charge in [-0.05, 0) is 39.0 Å². The molecule has 0 aromatic carbocycles. The van der Waals surface area contributed by atoms with E-state index in [2.05, 4.69) is 30.9 Å². The van der Waals surface area contributed by atoms with Gasteiger partial charge in [0.15, 0.2) is 18.1 Å². The number of carbonyl (C=O) groups excluding carboxylic acids is 1. The Morgan fingerprint density at radius 1 is 1.32 bits per heavy atom. The fourth-order valence-electron chi connectivity index (χ4n) is 5.85. The summed E-state index contributed by atoms with van der Waals surface area (Å²) in [5.74, 6) is 1.67. The number of aromatic nitrogens is 7. The van der Waals surface area contributed by atoms with Crippen molar-refractivity contribution in [3.63, 3.8) is 0 Å². The highest BCUT2D eigenvalue weighted by Gasteiger charge is 2.58. The van der Waals surface area contributed by atoms with Gasteiger partial charge in [0, 0.05) is 47.9 Å². The van der Waals surface area contributed by atoms with Crippen molar-refractivity contribution in [3.8, 4) is 11.1 Å². The fraction of sp³-hybridized carbons (Fsp3) is 0.480. The molecular formula is C25H28FN9O3. The van der Waals surface area contributed by atoms with Crippen LogP contribution in [-0.2, 0) is 16.5 Å². The van der Waals surface area contributed by atoms with Gasteiger partial charge in [0.2, 0.25) is 5.95 Å². The zero-order chi connectivity index (χ0) is 26.2. The zero-order valence-corrected chi connectivity index (χ0v) is 21.2. The number of anilines is 2. The van der Waals surface area contributed by atoms with E-state index >= 15 is 4.39 Å². The van der Waals surface area contributed by atoms with Crippen molar-refractivity contribution in [2.75, 3.05) is 11.9 Å². The average molecular weight is 522 g/mol. The topological polar surface area (TPSA) is 136 Å². The van der Waals surface area contributed by atoms with Crippen molar-refractivity contribution in [3.05, 3.63) is 41.7 Å². The first-order chi connectivity index (χ1) is 18.3. The Labute approximate surface area is 216 Å². The van der Waals surface area contributed by atoms with E-state index in [9.17, 15) is 4.79 Å². The molecule has 13 heteroatoms. The Bertz CT molecular complexity index is 1540. The number of hydrogen-bond donors (Lipinski definition) is 3. The van der Waals surface area contributed by atoms with Crippen molar-refractivity contribution >= 4 is 23.5 Å². The van der Waals surface area contributed by atoms with Gasteiger partial charge in [0.1, 0.15) is 11.8 Å². The van der Waals surface area contributed by atoms with Crippen LogP contribution in [0.3, 0.4) is 0 Å². The van der Waals surface area contributed by atoms with Crippen molar-refractivity contribution < 1.29 is 18.7 Å². The number of alkyl carbamates (subject to hydrolysis) is 1. The molecule has 2 bridgehead atoms. The van der Waals surface area contributed by atoms with Crippen LogP contribution in [0.1, 0.15) is 42.4 Å². The highest BCUT2D eigenvalue weighted by Crippen LogP contribution is 2.57. The summed E-state index contributed by atoms with van der Waals surface area (Å²) in [5, 5.41) is 17.6.